The molecule has 0 atom stereocenters. The number of ether oxygens (including phenoxy) is 1. The molecule has 0 unspecified atom stereocenters. The number of rotatable bonds is 9. The van der Waals surface area contributed by atoms with Crippen molar-refractivity contribution >= 4 is 29.0 Å². The van der Waals surface area contributed by atoms with Crippen molar-refractivity contribution in [2.24, 2.45) is 0 Å². The van der Waals surface area contributed by atoms with Crippen LogP contribution in [-0.4, -0.2) is 69.7 Å². The normalized spacial score (nSPS) is 15.1. The molecule has 170 valence electrons. The number of benzene rings is 1. The molecule has 1 aliphatic rings. The SMILES string of the molecule is CC(C)(CNC(=O)CSc1nnc(Cc2cccs2)n1-c1ccccc1)N1CCOCC1. The minimum Gasteiger partial charge on any atom is -0.379 e. The van der Waals surface area contributed by atoms with Crippen LogP contribution in [0, 0.1) is 0 Å². The Hall–Kier alpha value is -2.20. The van der Waals surface area contributed by atoms with Crippen LogP contribution < -0.4 is 5.32 Å². The maximum Gasteiger partial charge on any atom is 0.230 e. The molecule has 0 spiro atoms. The zero-order chi connectivity index (χ0) is 22.4. The third kappa shape index (κ3) is 5.78. The number of morpholine rings is 1. The van der Waals surface area contributed by atoms with Gasteiger partial charge in [0.25, 0.3) is 0 Å². The second-order valence-electron chi connectivity index (χ2n) is 8.30. The Bertz CT molecular complexity index is 999. The summed E-state index contributed by atoms with van der Waals surface area (Å²) in [5.74, 6) is 1.16. The molecule has 0 radical (unpaired) electrons. The van der Waals surface area contributed by atoms with Gasteiger partial charge in [-0.25, -0.2) is 0 Å². The van der Waals surface area contributed by atoms with Gasteiger partial charge in [-0.2, -0.15) is 0 Å². The topological polar surface area (TPSA) is 72.3 Å². The van der Waals surface area contributed by atoms with Crippen LogP contribution in [0.4, 0.5) is 0 Å². The number of carbonyl (C=O) groups is 1. The van der Waals surface area contributed by atoms with Gasteiger partial charge in [0.2, 0.25) is 5.91 Å². The van der Waals surface area contributed by atoms with Crippen LogP contribution >= 0.6 is 23.1 Å². The molecule has 1 fully saturated rings. The predicted octanol–water partition coefficient (Wildman–Crippen LogP) is 3.24. The number of nitrogens with one attached hydrogen (secondary N) is 1. The zero-order valence-corrected chi connectivity index (χ0v) is 20.1. The van der Waals surface area contributed by atoms with Crippen molar-refractivity contribution in [3.8, 4) is 5.69 Å². The molecule has 9 heteroatoms. The molecule has 1 amide bonds. The number of hydrogen-bond donors (Lipinski definition) is 1. The molecule has 7 nitrogen and oxygen atoms in total. The quantitative estimate of drug-likeness (QED) is 0.483. The van der Waals surface area contributed by atoms with Crippen LogP contribution in [-0.2, 0) is 16.0 Å². The molecular formula is C23H29N5O2S2. The highest BCUT2D eigenvalue weighted by molar-refractivity contribution is 7.99. The van der Waals surface area contributed by atoms with Crippen molar-refractivity contribution in [3.63, 3.8) is 0 Å². The van der Waals surface area contributed by atoms with Crippen molar-refractivity contribution in [1.29, 1.82) is 0 Å². The van der Waals surface area contributed by atoms with Crippen molar-refractivity contribution < 1.29 is 9.53 Å². The molecular weight excluding hydrogens is 442 g/mol. The van der Waals surface area contributed by atoms with Gasteiger partial charge in [0.15, 0.2) is 5.16 Å². The van der Waals surface area contributed by atoms with Crippen molar-refractivity contribution in [2.75, 3.05) is 38.6 Å². The monoisotopic (exact) mass is 471 g/mol. The first-order valence-electron chi connectivity index (χ1n) is 10.8. The molecule has 2 aromatic heterocycles. The largest absolute Gasteiger partial charge is 0.379 e. The van der Waals surface area contributed by atoms with E-state index >= 15 is 0 Å². The van der Waals surface area contributed by atoms with Gasteiger partial charge in [0.05, 0.1) is 19.0 Å². The van der Waals surface area contributed by atoms with Gasteiger partial charge in [-0.3, -0.25) is 14.3 Å². The molecule has 0 aliphatic carbocycles. The zero-order valence-electron chi connectivity index (χ0n) is 18.5. The minimum absolute atomic E-state index is 0.00115. The smallest absolute Gasteiger partial charge is 0.230 e. The van der Waals surface area contributed by atoms with E-state index in [4.69, 9.17) is 4.74 Å². The summed E-state index contributed by atoms with van der Waals surface area (Å²) in [4.78, 5) is 16.2. The third-order valence-corrected chi connectivity index (χ3v) is 7.35. The van der Waals surface area contributed by atoms with Gasteiger partial charge < -0.3 is 10.1 Å². The second-order valence-corrected chi connectivity index (χ2v) is 10.3. The van der Waals surface area contributed by atoms with Gasteiger partial charge in [0.1, 0.15) is 5.82 Å². The van der Waals surface area contributed by atoms with E-state index in [1.165, 1.54) is 16.6 Å². The van der Waals surface area contributed by atoms with Crippen LogP contribution in [0.2, 0.25) is 0 Å². The average molecular weight is 472 g/mol. The number of para-hydroxylation sites is 1. The summed E-state index contributed by atoms with van der Waals surface area (Å²) in [6, 6.07) is 14.2. The van der Waals surface area contributed by atoms with E-state index in [-0.39, 0.29) is 11.4 Å². The predicted molar refractivity (Wildman–Crippen MR) is 129 cm³/mol. The van der Waals surface area contributed by atoms with Crippen LogP contribution in [0.1, 0.15) is 24.5 Å². The second kappa shape index (κ2) is 10.6. The lowest BCUT2D eigenvalue weighted by molar-refractivity contribution is -0.119. The van der Waals surface area contributed by atoms with E-state index in [9.17, 15) is 4.79 Å². The van der Waals surface area contributed by atoms with Crippen LogP contribution in [0.25, 0.3) is 5.69 Å². The van der Waals surface area contributed by atoms with Gasteiger partial charge in [0, 0.05) is 42.2 Å². The fourth-order valence-electron chi connectivity index (χ4n) is 3.69. The highest BCUT2D eigenvalue weighted by Crippen LogP contribution is 2.24. The maximum absolute atomic E-state index is 12.6. The van der Waals surface area contributed by atoms with Crippen molar-refractivity contribution in [2.45, 2.75) is 31.0 Å². The van der Waals surface area contributed by atoms with Gasteiger partial charge in [-0.15, -0.1) is 21.5 Å². The van der Waals surface area contributed by atoms with Crippen molar-refractivity contribution in [1.82, 2.24) is 25.0 Å². The van der Waals surface area contributed by atoms with Gasteiger partial charge in [-0.1, -0.05) is 36.0 Å². The average Bonchev–Trinajstić information content (AvgIpc) is 3.48. The number of aromatic nitrogens is 3. The maximum atomic E-state index is 12.6. The fraction of sp³-hybridized carbons (Fsp3) is 0.435. The summed E-state index contributed by atoms with van der Waals surface area (Å²) in [7, 11) is 0. The number of thiophene rings is 1. The Balaban J connectivity index is 1.40. The van der Waals surface area contributed by atoms with E-state index in [0.29, 0.717) is 18.7 Å². The first-order chi connectivity index (χ1) is 15.5. The van der Waals surface area contributed by atoms with Gasteiger partial charge >= 0.3 is 0 Å². The molecule has 1 aromatic carbocycles. The first-order valence-corrected chi connectivity index (χ1v) is 12.6. The van der Waals surface area contributed by atoms with Crippen LogP contribution in [0.5, 0.6) is 0 Å². The molecule has 32 heavy (non-hydrogen) atoms. The molecule has 1 saturated heterocycles. The Morgan fingerprint density at radius 3 is 2.66 bits per heavy atom. The molecule has 0 bridgehead atoms. The highest BCUT2D eigenvalue weighted by atomic mass is 32.2. The lowest BCUT2D eigenvalue weighted by Crippen LogP contribution is -2.55. The summed E-state index contributed by atoms with van der Waals surface area (Å²) >= 11 is 3.12. The summed E-state index contributed by atoms with van der Waals surface area (Å²) in [6.07, 6.45) is 0.708. The Morgan fingerprint density at radius 1 is 1.16 bits per heavy atom. The van der Waals surface area contributed by atoms with E-state index < -0.39 is 0 Å². The molecule has 1 aliphatic heterocycles. The highest BCUT2D eigenvalue weighted by Gasteiger charge is 2.28. The van der Waals surface area contributed by atoms with Crippen LogP contribution in [0.15, 0.2) is 53.0 Å². The number of hydrogen-bond acceptors (Lipinski definition) is 7. The van der Waals surface area contributed by atoms with Gasteiger partial charge in [-0.05, 0) is 37.4 Å². The summed E-state index contributed by atoms with van der Waals surface area (Å²) in [6.45, 7) is 8.20. The number of nitrogens with zero attached hydrogens (tertiary/aromatic N) is 4. The molecule has 1 N–H and O–H groups in total. The summed E-state index contributed by atoms with van der Waals surface area (Å²) in [5.41, 5.74) is 0.891. The molecule has 3 aromatic rings. The Kier molecular flexibility index (Phi) is 7.62. The molecule has 0 saturated carbocycles. The Labute approximate surface area is 197 Å². The first kappa shape index (κ1) is 23.0. The lowest BCUT2D eigenvalue weighted by atomic mass is 10.0. The van der Waals surface area contributed by atoms with Crippen LogP contribution in [0.3, 0.4) is 0 Å². The van der Waals surface area contributed by atoms with E-state index in [1.54, 1.807) is 11.3 Å². The summed E-state index contributed by atoms with van der Waals surface area (Å²) < 4.78 is 7.49. The standard InChI is InChI=1S/C23H29N5O2S2/c1-23(2,27-10-12-30-13-11-27)17-24-21(29)16-32-22-26-25-20(15-19-9-6-14-31-19)28(22)18-7-4-3-5-8-18/h3-9,14H,10-13,15-17H2,1-2H3,(H,24,29). The van der Waals surface area contributed by atoms with Crippen molar-refractivity contribution in [3.05, 3.63) is 58.5 Å². The van der Waals surface area contributed by atoms with E-state index in [0.717, 1.165) is 43.0 Å². The number of thioether (sulfide) groups is 1. The van der Waals surface area contributed by atoms with E-state index in [2.05, 4.69) is 50.3 Å². The minimum atomic E-state index is -0.109. The molecule has 3 heterocycles. The molecule has 4 rings (SSSR count). The number of carbonyl (C=O) groups excluding carboxylic acids is 1. The summed E-state index contributed by atoms with van der Waals surface area (Å²) in [5, 5.41) is 14.7. The lowest BCUT2D eigenvalue weighted by Gasteiger charge is -2.40. The Morgan fingerprint density at radius 2 is 1.94 bits per heavy atom. The van der Waals surface area contributed by atoms with E-state index in [1.807, 2.05) is 36.4 Å². The third-order valence-electron chi connectivity index (χ3n) is 5.54. The number of amides is 1. The fourth-order valence-corrected chi connectivity index (χ4v) is 5.19.